The number of rotatable bonds is 5. The molecule has 0 bridgehead atoms. The minimum atomic E-state index is -3.00. The molecule has 0 spiro atoms. The van der Waals surface area contributed by atoms with Crippen molar-refractivity contribution in [1.29, 1.82) is 0 Å². The summed E-state index contributed by atoms with van der Waals surface area (Å²) in [5, 5.41) is 8.48. The summed E-state index contributed by atoms with van der Waals surface area (Å²) in [7, 11) is -1.16. The van der Waals surface area contributed by atoms with Gasteiger partial charge in [-0.05, 0) is 19.3 Å². The Hall–Kier alpha value is -1.09. The molecule has 1 saturated heterocycles. The lowest BCUT2D eigenvalue weighted by Gasteiger charge is -2.34. The highest BCUT2D eigenvalue weighted by Crippen LogP contribution is 2.30. The summed E-state index contributed by atoms with van der Waals surface area (Å²) < 4.78 is 25.4. The van der Waals surface area contributed by atoms with Gasteiger partial charge in [0.2, 0.25) is 5.91 Å². The van der Waals surface area contributed by atoms with E-state index in [4.69, 9.17) is 0 Å². The second-order valence-corrected chi connectivity index (χ2v) is 9.48. The fourth-order valence-corrected chi connectivity index (χ4v) is 5.96. The Balaban J connectivity index is 1.69. The molecule has 0 aromatic carbocycles. The van der Waals surface area contributed by atoms with Gasteiger partial charge in [-0.25, -0.2) is 8.42 Å². The first-order chi connectivity index (χ1) is 11.0. The fraction of sp³-hybridized carbons (Fsp3) is 0.786. The molecule has 2 fully saturated rings. The van der Waals surface area contributed by atoms with Crippen LogP contribution in [0.2, 0.25) is 0 Å². The predicted octanol–water partition coefficient (Wildman–Crippen LogP) is 0.865. The maximum atomic E-state index is 12.8. The average Bonchev–Trinajstić information content (AvgIpc) is 3.20. The van der Waals surface area contributed by atoms with Gasteiger partial charge in [0, 0.05) is 19.1 Å². The number of aromatic nitrogens is 3. The smallest absolute Gasteiger partial charge is 0.233 e. The van der Waals surface area contributed by atoms with E-state index in [1.165, 1.54) is 11.8 Å². The van der Waals surface area contributed by atoms with Gasteiger partial charge >= 0.3 is 0 Å². The normalized spacial score (nSPS) is 24.1. The quantitative estimate of drug-likeness (QED) is 0.726. The molecular formula is C14H22N4O3S2. The molecule has 1 aliphatic carbocycles. The third kappa shape index (κ3) is 3.88. The van der Waals surface area contributed by atoms with Crippen LogP contribution in [0.3, 0.4) is 0 Å². The van der Waals surface area contributed by atoms with Crippen molar-refractivity contribution in [2.45, 2.75) is 49.3 Å². The zero-order chi connectivity index (χ0) is 16.4. The molecule has 2 heterocycles. The third-order valence-electron chi connectivity index (χ3n) is 4.60. The lowest BCUT2D eigenvalue weighted by atomic mass is 10.1. The average molecular weight is 358 g/mol. The number of carbonyl (C=O) groups is 1. The summed E-state index contributed by atoms with van der Waals surface area (Å²) in [6.45, 7) is 0. The van der Waals surface area contributed by atoms with Crippen molar-refractivity contribution < 1.29 is 13.2 Å². The van der Waals surface area contributed by atoms with Gasteiger partial charge in [0.15, 0.2) is 15.0 Å². The summed E-state index contributed by atoms with van der Waals surface area (Å²) in [6.07, 6.45) is 6.37. The first kappa shape index (κ1) is 16.8. The van der Waals surface area contributed by atoms with E-state index in [1.54, 1.807) is 10.9 Å². The number of hydrogen-bond donors (Lipinski definition) is 0. The summed E-state index contributed by atoms with van der Waals surface area (Å²) >= 11 is 1.36. The lowest BCUT2D eigenvalue weighted by Crippen LogP contribution is -2.47. The van der Waals surface area contributed by atoms with Crippen molar-refractivity contribution in [1.82, 2.24) is 19.7 Å². The molecule has 1 amide bonds. The van der Waals surface area contributed by atoms with E-state index in [2.05, 4.69) is 10.2 Å². The predicted molar refractivity (Wildman–Crippen MR) is 87.9 cm³/mol. The van der Waals surface area contributed by atoms with Crippen molar-refractivity contribution in [3.8, 4) is 0 Å². The van der Waals surface area contributed by atoms with E-state index >= 15 is 0 Å². The summed E-state index contributed by atoms with van der Waals surface area (Å²) in [6, 6.07) is 0.0385. The Morgan fingerprint density at radius 1 is 1.35 bits per heavy atom. The highest BCUT2D eigenvalue weighted by atomic mass is 32.2. The summed E-state index contributed by atoms with van der Waals surface area (Å²) in [5.74, 6) is 0.612. The highest BCUT2D eigenvalue weighted by molar-refractivity contribution is 7.99. The van der Waals surface area contributed by atoms with Crippen LogP contribution in [-0.2, 0) is 21.7 Å². The van der Waals surface area contributed by atoms with Crippen molar-refractivity contribution in [2.24, 2.45) is 7.05 Å². The molecule has 128 valence electrons. The van der Waals surface area contributed by atoms with Gasteiger partial charge in [0.25, 0.3) is 0 Å². The van der Waals surface area contributed by atoms with E-state index in [0.717, 1.165) is 25.7 Å². The molecule has 2 aliphatic rings. The van der Waals surface area contributed by atoms with Gasteiger partial charge in [-0.1, -0.05) is 24.6 Å². The van der Waals surface area contributed by atoms with Gasteiger partial charge in [0.05, 0.1) is 17.3 Å². The van der Waals surface area contributed by atoms with Crippen LogP contribution in [0.5, 0.6) is 0 Å². The number of nitrogens with zero attached hydrogens (tertiary/aromatic N) is 4. The molecule has 1 aromatic heterocycles. The number of aryl methyl sites for hydroxylation is 1. The monoisotopic (exact) mass is 358 g/mol. The Bertz CT molecular complexity index is 667. The molecule has 0 unspecified atom stereocenters. The molecule has 1 atom stereocenters. The molecule has 0 N–H and O–H groups in total. The van der Waals surface area contributed by atoms with E-state index in [9.17, 15) is 13.2 Å². The van der Waals surface area contributed by atoms with E-state index in [1.807, 2.05) is 11.9 Å². The number of hydrogen-bond acceptors (Lipinski definition) is 6. The molecular weight excluding hydrogens is 336 g/mol. The van der Waals surface area contributed by atoms with Crippen molar-refractivity contribution >= 4 is 27.5 Å². The SMILES string of the molecule is Cn1cnnc1SCC(=O)N(C1CCCC1)[C@@H]1CCS(=O)(=O)C1. The van der Waals surface area contributed by atoms with Crippen LogP contribution in [0.15, 0.2) is 11.5 Å². The van der Waals surface area contributed by atoms with Crippen molar-refractivity contribution in [2.75, 3.05) is 17.3 Å². The first-order valence-corrected chi connectivity index (χ1v) is 10.8. The maximum Gasteiger partial charge on any atom is 0.233 e. The van der Waals surface area contributed by atoms with Crippen LogP contribution in [0.1, 0.15) is 32.1 Å². The first-order valence-electron chi connectivity index (χ1n) is 7.94. The standard InChI is InChI=1S/C14H22N4O3S2/c1-17-10-15-16-14(17)22-8-13(19)18(11-4-2-3-5-11)12-6-7-23(20,21)9-12/h10-12H,2-9H2,1H3/t12-/m1/s1. The van der Waals surface area contributed by atoms with Crippen LogP contribution in [0, 0.1) is 0 Å². The molecule has 3 rings (SSSR count). The van der Waals surface area contributed by atoms with Gasteiger partial charge in [0.1, 0.15) is 6.33 Å². The van der Waals surface area contributed by atoms with Gasteiger partial charge < -0.3 is 9.47 Å². The lowest BCUT2D eigenvalue weighted by molar-refractivity contribution is -0.132. The minimum Gasteiger partial charge on any atom is -0.335 e. The molecule has 7 nitrogen and oxygen atoms in total. The molecule has 9 heteroatoms. The van der Waals surface area contributed by atoms with Gasteiger partial charge in [-0.2, -0.15) is 0 Å². The molecule has 1 aliphatic heterocycles. The van der Waals surface area contributed by atoms with Gasteiger partial charge in [-0.3, -0.25) is 4.79 Å². The number of amides is 1. The number of sulfone groups is 1. The number of carbonyl (C=O) groups excluding carboxylic acids is 1. The Labute approximate surface area is 140 Å². The zero-order valence-corrected chi connectivity index (χ0v) is 14.9. The highest BCUT2D eigenvalue weighted by Gasteiger charge is 2.38. The second kappa shape index (κ2) is 6.80. The minimum absolute atomic E-state index is 0.0204. The maximum absolute atomic E-state index is 12.8. The van der Waals surface area contributed by atoms with Crippen molar-refractivity contribution in [3.63, 3.8) is 0 Å². The summed E-state index contributed by atoms with van der Waals surface area (Å²) in [5.41, 5.74) is 0. The van der Waals surface area contributed by atoms with Crippen LogP contribution in [0.25, 0.3) is 0 Å². The van der Waals surface area contributed by atoms with Crippen LogP contribution >= 0.6 is 11.8 Å². The Kier molecular flexibility index (Phi) is 4.96. The Morgan fingerprint density at radius 3 is 2.65 bits per heavy atom. The van der Waals surface area contributed by atoms with Crippen LogP contribution in [-0.4, -0.2) is 63.3 Å². The van der Waals surface area contributed by atoms with E-state index in [-0.39, 0.29) is 35.2 Å². The van der Waals surface area contributed by atoms with Gasteiger partial charge in [-0.15, -0.1) is 10.2 Å². The van der Waals surface area contributed by atoms with Crippen LogP contribution < -0.4 is 0 Å². The topological polar surface area (TPSA) is 85.2 Å². The molecule has 1 saturated carbocycles. The zero-order valence-electron chi connectivity index (χ0n) is 13.2. The molecule has 1 aromatic rings. The fourth-order valence-electron chi connectivity index (χ4n) is 3.49. The van der Waals surface area contributed by atoms with Crippen LogP contribution in [0.4, 0.5) is 0 Å². The number of thioether (sulfide) groups is 1. The molecule has 0 radical (unpaired) electrons. The van der Waals surface area contributed by atoms with Crippen molar-refractivity contribution in [3.05, 3.63) is 6.33 Å². The third-order valence-corrected chi connectivity index (χ3v) is 7.37. The largest absolute Gasteiger partial charge is 0.335 e. The Morgan fingerprint density at radius 2 is 2.09 bits per heavy atom. The summed E-state index contributed by atoms with van der Waals surface area (Å²) in [4.78, 5) is 14.7. The van der Waals surface area contributed by atoms with E-state index in [0.29, 0.717) is 11.6 Å². The second-order valence-electron chi connectivity index (χ2n) is 6.31. The van der Waals surface area contributed by atoms with E-state index < -0.39 is 9.84 Å². The molecule has 23 heavy (non-hydrogen) atoms.